The number of alkyl halides is 3. The van der Waals surface area contributed by atoms with Crippen LogP contribution < -0.4 is 5.32 Å². The molecule has 1 aromatic rings. The summed E-state index contributed by atoms with van der Waals surface area (Å²) in [6.07, 6.45) is -6.42. The zero-order valence-electron chi connectivity index (χ0n) is 11.5. The Morgan fingerprint density at radius 2 is 1.91 bits per heavy atom. The largest absolute Gasteiger partial charge is 0.480 e. The predicted molar refractivity (Wildman–Crippen MR) is 73.0 cm³/mol. The molecule has 2 unspecified atom stereocenters. The van der Waals surface area contributed by atoms with E-state index in [0.717, 1.165) is 0 Å². The molecule has 2 atom stereocenters. The fourth-order valence-corrected chi connectivity index (χ4v) is 2.62. The topological polar surface area (TPSA) is 83.5 Å². The third kappa shape index (κ3) is 5.14. The smallest absolute Gasteiger partial charge is 0.391 e. The van der Waals surface area contributed by atoms with Gasteiger partial charge in [-0.25, -0.2) is 4.79 Å². The van der Waals surface area contributed by atoms with Gasteiger partial charge in [0.05, 0.1) is 27.7 Å². The summed E-state index contributed by atoms with van der Waals surface area (Å²) in [7, 11) is -1.50. The zero-order chi connectivity index (χ0) is 16.9. The highest BCUT2D eigenvalue weighted by Crippen LogP contribution is 2.22. The van der Waals surface area contributed by atoms with Crippen molar-refractivity contribution in [2.75, 3.05) is 5.75 Å². The molecule has 1 rings (SSSR count). The number of carbonyl (C=O) groups is 2. The average molecular weight is 337 g/mol. The van der Waals surface area contributed by atoms with Crippen molar-refractivity contribution in [2.45, 2.75) is 30.5 Å². The minimum Gasteiger partial charge on any atom is -0.480 e. The van der Waals surface area contributed by atoms with Crippen LogP contribution >= 0.6 is 0 Å². The molecule has 0 aliphatic heterocycles. The molecule has 5 nitrogen and oxygen atoms in total. The number of hydrogen-bond donors (Lipinski definition) is 2. The van der Waals surface area contributed by atoms with Crippen LogP contribution in [0.25, 0.3) is 0 Å². The summed E-state index contributed by atoms with van der Waals surface area (Å²) in [5.41, 5.74) is -0.101. The number of rotatable bonds is 6. The van der Waals surface area contributed by atoms with Gasteiger partial charge in [-0.2, -0.15) is 13.2 Å². The highest BCUT2D eigenvalue weighted by molar-refractivity contribution is 7.85. The van der Waals surface area contributed by atoms with Gasteiger partial charge in [-0.1, -0.05) is 19.1 Å². The van der Waals surface area contributed by atoms with Gasteiger partial charge in [0.1, 0.15) is 6.04 Å². The van der Waals surface area contributed by atoms with Crippen LogP contribution in [-0.2, 0) is 15.6 Å². The molecule has 0 radical (unpaired) electrons. The van der Waals surface area contributed by atoms with Crippen molar-refractivity contribution in [2.24, 2.45) is 0 Å². The molecule has 0 saturated carbocycles. The van der Waals surface area contributed by atoms with Crippen LogP contribution in [0.15, 0.2) is 29.2 Å². The first kappa shape index (κ1) is 18.1. The Labute approximate surface area is 127 Å². The molecular formula is C13H14F3NO4S. The lowest BCUT2D eigenvalue weighted by atomic mass is 10.1. The second kappa shape index (κ2) is 7.39. The van der Waals surface area contributed by atoms with E-state index in [0.29, 0.717) is 0 Å². The number of halogens is 3. The van der Waals surface area contributed by atoms with Crippen molar-refractivity contribution in [3.63, 3.8) is 0 Å². The van der Waals surface area contributed by atoms with Crippen molar-refractivity contribution >= 4 is 22.7 Å². The lowest BCUT2D eigenvalue weighted by Gasteiger charge is -2.17. The van der Waals surface area contributed by atoms with E-state index in [2.05, 4.69) is 0 Å². The number of nitrogens with one attached hydrogen (secondary N) is 1. The monoisotopic (exact) mass is 337 g/mol. The van der Waals surface area contributed by atoms with E-state index < -0.39 is 41.3 Å². The molecule has 0 saturated heterocycles. The normalized spacial score (nSPS) is 14.2. The van der Waals surface area contributed by atoms with E-state index in [9.17, 15) is 27.0 Å². The van der Waals surface area contributed by atoms with Gasteiger partial charge in [-0.3, -0.25) is 9.00 Å². The van der Waals surface area contributed by atoms with Crippen molar-refractivity contribution in [1.82, 2.24) is 5.32 Å². The number of amides is 1. The molecule has 0 aliphatic rings. The second-order valence-electron chi connectivity index (χ2n) is 4.31. The van der Waals surface area contributed by atoms with Gasteiger partial charge in [0, 0.05) is 5.75 Å². The summed E-state index contributed by atoms with van der Waals surface area (Å²) in [5, 5.41) is 10.6. The Kier molecular flexibility index (Phi) is 6.10. The summed E-state index contributed by atoms with van der Waals surface area (Å²) in [6.45, 7) is 1.62. The van der Waals surface area contributed by atoms with Crippen LogP contribution in [0.1, 0.15) is 23.7 Å². The number of carboxylic acid groups (broad SMARTS) is 1. The van der Waals surface area contributed by atoms with Gasteiger partial charge < -0.3 is 10.4 Å². The predicted octanol–water partition coefficient (Wildman–Crippen LogP) is 1.95. The van der Waals surface area contributed by atoms with Crippen LogP contribution in [0.4, 0.5) is 13.2 Å². The second-order valence-corrected chi connectivity index (χ2v) is 6.02. The first-order valence-electron chi connectivity index (χ1n) is 6.23. The maximum absolute atomic E-state index is 12.3. The third-order valence-corrected chi connectivity index (χ3v) is 4.05. The quantitative estimate of drug-likeness (QED) is 0.831. The molecule has 1 aromatic carbocycles. The summed E-state index contributed by atoms with van der Waals surface area (Å²) in [5.74, 6) is -2.58. The van der Waals surface area contributed by atoms with E-state index in [-0.39, 0.29) is 16.2 Å². The number of hydrogen-bond acceptors (Lipinski definition) is 3. The van der Waals surface area contributed by atoms with E-state index in [4.69, 9.17) is 5.11 Å². The number of aliphatic carboxylic acids is 1. The first-order valence-corrected chi connectivity index (χ1v) is 7.55. The van der Waals surface area contributed by atoms with E-state index in [1.54, 1.807) is 6.92 Å². The molecule has 0 heterocycles. The molecule has 2 N–H and O–H groups in total. The van der Waals surface area contributed by atoms with E-state index in [1.165, 1.54) is 24.3 Å². The molecule has 0 aromatic heterocycles. The van der Waals surface area contributed by atoms with Crippen LogP contribution in [0.3, 0.4) is 0 Å². The van der Waals surface area contributed by atoms with Crippen LogP contribution in [0, 0.1) is 0 Å². The van der Waals surface area contributed by atoms with Crippen molar-refractivity contribution in [3.05, 3.63) is 29.8 Å². The first-order chi connectivity index (χ1) is 10.2. The molecule has 0 spiro atoms. The molecule has 122 valence electrons. The molecule has 1 amide bonds. The fourth-order valence-electron chi connectivity index (χ4n) is 1.68. The Balaban J connectivity index is 3.01. The molecule has 0 aliphatic carbocycles. The Morgan fingerprint density at radius 1 is 1.32 bits per heavy atom. The van der Waals surface area contributed by atoms with Crippen LogP contribution in [0.2, 0.25) is 0 Å². The van der Waals surface area contributed by atoms with E-state index >= 15 is 0 Å². The molecular weight excluding hydrogens is 323 g/mol. The van der Waals surface area contributed by atoms with Gasteiger partial charge in [-0.05, 0) is 12.1 Å². The number of carboxylic acids is 1. The summed E-state index contributed by atoms with van der Waals surface area (Å²) >= 11 is 0. The number of carbonyl (C=O) groups excluding carboxylic acids is 1. The van der Waals surface area contributed by atoms with Gasteiger partial charge >= 0.3 is 12.1 Å². The lowest BCUT2D eigenvalue weighted by Crippen LogP contribution is -2.43. The maximum atomic E-state index is 12.3. The third-order valence-electron chi connectivity index (χ3n) is 2.68. The van der Waals surface area contributed by atoms with Crippen LogP contribution in [0.5, 0.6) is 0 Å². The average Bonchev–Trinajstić information content (AvgIpc) is 2.44. The molecule has 9 heteroatoms. The summed E-state index contributed by atoms with van der Waals surface area (Å²) < 4.78 is 48.8. The van der Waals surface area contributed by atoms with Gasteiger partial charge in [-0.15, -0.1) is 0 Å². The zero-order valence-corrected chi connectivity index (χ0v) is 12.3. The van der Waals surface area contributed by atoms with E-state index in [1.807, 2.05) is 5.32 Å². The highest BCUT2D eigenvalue weighted by Gasteiger charge is 2.36. The van der Waals surface area contributed by atoms with Gasteiger partial charge in [0.15, 0.2) is 0 Å². The van der Waals surface area contributed by atoms with Gasteiger partial charge in [0.25, 0.3) is 5.91 Å². The minimum atomic E-state index is -4.73. The highest BCUT2D eigenvalue weighted by atomic mass is 32.2. The number of benzene rings is 1. The molecule has 0 bridgehead atoms. The summed E-state index contributed by atoms with van der Waals surface area (Å²) in [6, 6.07) is 3.57. The van der Waals surface area contributed by atoms with Crippen molar-refractivity contribution < 1.29 is 32.1 Å². The Bertz CT molecular complexity index is 589. The fraction of sp³-hybridized carbons (Fsp3) is 0.385. The SMILES string of the molecule is CCS(=O)c1ccccc1C(=O)NC(CC(F)(F)F)C(=O)O. The standard InChI is InChI=1S/C13H14F3NO4S/c1-2-22(21)10-6-4-3-5-8(10)11(18)17-9(12(19)20)7-13(14,15)16/h3-6,9H,2,7H2,1H3,(H,17,18)(H,19,20). The lowest BCUT2D eigenvalue weighted by molar-refractivity contribution is -0.157. The molecule has 22 heavy (non-hydrogen) atoms. The summed E-state index contributed by atoms with van der Waals surface area (Å²) in [4.78, 5) is 23.0. The molecule has 0 fully saturated rings. The minimum absolute atomic E-state index is 0.101. The van der Waals surface area contributed by atoms with Crippen LogP contribution in [-0.4, -0.2) is 39.2 Å². The van der Waals surface area contributed by atoms with Gasteiger partial charge in [0.2, 0.25) is 0 Å². The Hall–Kier alpha value is -1.90. The van der Waals surface area contributed by atoms with Crippen molar-refractivity contribution in [3.8, 4) is 0 Å². The Morgan fingerprint density at radius 3 is 2.41 bits per heavy atom. The van der Waals surface area contributed by atoms with Crippen molar-refractivity contribution in [1.29, 1.82) is 0 Å². The maximum Gasteiger partial charge on any atom is 0.391 e.